The van der Waals surface area contributed by atoms with E-state index in [0.717, 1.165) is 19.4 Å². The summed E-state index contributed by atoms with van der Waals surface area (Å²) in [7, 11) is 0. The van der Waals surface area contributed by atoms with Gasteiger partial charge in [0, 0.05) is 12.6 Å². The average Bonchev–Trinajstić information content (AvgIpc) is 2.37. The molecule has 2 nitrogen and oxygen atoms in total. The molecule has 1 saturated heterocycles. The lowest BCUT2D eigenvalue weighted by molar-refractivity contribution is 0.0889. The molecule has 0 saturated carbocycles. The fourth-order valence-corrected chi connectivity index (χ4v) is 1.20. The first kappa shape index (κ1) is 7.03. The van der Waals surface area contributed by atoms with Crippen LogP contribution in [0.3, 0.4) is 0 Å². The van der Waals surface area contributed by atoms with Gasteiger partial charge in [0.2, 0.25) is 0 Å². The lowest BCUT2D eigenvalue weighted by Crippen LogP contribution is -2.33. The highest BCUT2D eigenvalue weighted by atomic mass is 16.5. The second-order valence-electron chi connectivity index (χ2n) is 2.62. The number of ether oxygens (including phenoxy) is 1. The maximum atomic E-state index is 5.75. The van der Waals surface area contributed by atoms with Crippen molar-refractivity contribution in [1.29, 1.82) is 0 Å². The first-order valence-electron chi connectivity index (χ1n) is 3.71. The topological polar surface area (TPSA) is 35.2 Å². The predicted molar refractivity (Wildman–Crippen MR) is 37.2 cm³/mol. The minimum atomic E-state index is 0.271. The molecule has 0 amide bonds. The normalized spacial score (nSPS) is 30.7. The number of hydrogen-bond donors (Lipinski definition) is 1. The molecule has 0 aromatic rings. The zero-order valence-corrected chi connectivity index (χ0v) is 5.97. The van der Waals surface area contributed by atoms with Crippen molar-refractivity contribution < 1.29 is 4.74 Å². The second kappa shape index (κ2) is 3.18. The molecular formula is C7H15NO. The summed E-state index contributed by atoms with van der Waals surface area (Å²) in [6.07, 6.45) is 3.74. The first-order chi connectivity index (χ1) is 4.34. The van der Waals surface area contributed by atoms with Gasteiger partial charge in [0.25, 0.3) is 0 Å². The molecule has 2 heteroatoms. The molecule has 1 heterocycles. The Morgan fingerprint density at radius 3 is 3.00 bits per heavy atom. The van der Waals surface area contributed by atoms with Crippen molar-refractivity contribution in [2.24, 2.45) is 5.73 Å². The van der Waals surface area contributed by atoms with Gasteiger partial charge in [-0.3, -0.25) is 0 Å². The molecule has 0 bridgehead atoms. The minimum Gasteiger partial charge on any atom is -0.377 e. The molecule has 2 N–H and O–H groups in total. The average molecular weight is 129 g/mol. The van der Waals surface area contributed by atoms with Gasteiger partial charge < -0.3 is 10.5 Å². The second-order valence-corrected chi connectivity index (χ2v) is 2.62. The van der Waals surface area contributed by atoms with E-state index in [-0.39, 0.29) is 6.04 Å². The lowest BCUT2D eigenvalue weighted by Gasteiger charge is -2.15. The molecule has 1 aliphatic rings. The van der Waals surface area contributed by atoms with E-state index in [9.17, 15) is 0 Å². The Kier molecular flexibility index (Phi) is 2.49. The Balaban J connectivity index is 2.24. The Labute approximate surface area is 56.4 Å². The molecule has 1 aliphatic heterocycles. The van der Waals surface area contributed by atoms with Crippen molar-refractivity contribution in [3.8, 4) is 0 Å². The summed E-state index contributed by atoms with van der Waals surface area (Å²) in [5.74, 6) is 0. The van der Waals surface area contributed by atoms with Crippen LogP contribution in [0.2, 0.25) is 0 Å². The summed E-state index contributed by atoms with van der Waals surface area (Å²) in [5.41, 5.74) is 5.75. The molecular weight excluding hydrogens is 114 g/mol. The monoisotopic (exact) mass is 129 g/mol. The zero-order chi connectivity index (χ0) is 6.69. The van der Waals surface area contributed by atoms with Crippen LogP contribution in [0.4, 0.5) is 0 Å². The van der Waals surface area contributed by atoms with Crippen molar-refractivity contribution in [3.63, 3.8) is 0 Å². The fraction of sp³-hybridized carbons (Fsp3) is 1.00. The summed E-state index contributed by atoms with van der Waals surface area (Å²) in [6.45, 7) is 3.02. The minimum absolute atomic E-state index is 0.271. The quantitative estimate of drug-likeness (QED) is 0.601. The summed E-state index contributed by atoms with van der Waals surface area (Å²) in [5, 5.41) is 0. The van der Waals surface area contributed by atoms with E-state index in [1.165, 1.54) is 6.42 Å². The predicted octanol–water partition coefficient (Wildman–Crippen LogP) is 0.903. The van der Waals surface area contributed by atoms with Crippen LogP contribution >= 0.6 is 0 Å². The molecule has 9 heavy (non-hydrogen) atoms. The molecule has 2 atom stereocenters. The van der Waals surface area contributed by atoms with Crippen LogP contribution in [0.25, 0.3) is 0 Å². The van der Waals surface area contributed by atoms with Crippen molar-refractivity contribution in [3.05, 3.63) is 0 Å². The number of hydrogen-bond acceptors (Lipinski definition) is 2. The van der Waals surface area contributed by atoms with Crippen LogP contribution in [0.1, 0.15) is 26.2 Å². The van der Waals surface area contributed by atoms with E-state index in [1.54, 1.807) is 0 Å². The Bertz CT molecular complexity index is 79.0. The molecule has 1 rings (SSSR count). The van der Waals surface area contributed by atoms with E-state index < -0.39 is 0 Å². The van der Waals surface area contributed by atoms with Gasteiger partial charge in [-0.05, 0) is 19.3 Å². The maximum Gasteiger partial charge on any atom is 0.0726 e. The largest absolute Gasteiger partial charge is 0.377 e. The van der Waals surface area contributed by atoms with Crippen LogP contribution in [0.15, 0.2) is 0 Å². The Morgan fingerprint density at radius 2 is 2.56 bits per heavy atom. The highest BCUT2D eigenvalue weighted by Crippen LogP contribution is 2.15. The summed E-state index contributed by atoms with van der Waals surface area (Å²) in [6, 6.07) is 0.271. The Hall–Kier alpha value is -0.0800. The third-order valence-electron chi connectivity index (χ3n) is 1.91. The van der Waals surface area contributed by atoms with Crippen molar-refractivity contribution >= 4 is 0 Å². The molecule has 0 aromatic carbocycles. The van der Waals surface area contributed by atoms with Gasteiger partial charge in [0.15, 0.2) is 0 Å². The van der Waals surface area contributed by atoms with Gasteiger partial charge in [-0.2, -0.15) is 0 Å². The van der Waals surface area contributed by atoms with Gasteiger partial charge in [-0.25, -0.2) is 0 Å². The van der Waals surface area contributed by atoms with Crippen LogP contribution in [-0.2, 0) is 4.74 Å². The Morgan fingerprint density at radius 1 is 1.78 bits per heavy atom. The van der Waals surface area contributed by atoms with E-state index in [4.69, 9.17) is 10.5 Å². The molecule has 54 valence electrons. The van der Waals surface area contributed by atoms with Crippen LogP contribution in [-0.4, -0.2) is 18.8 Å². The fourth-order valence-electron chi connectivity index (χ4n) is 1.20. The smallest absolute Gasteiger partial charge is 0.0726 e. The highest BCUT2D eigenvalue weighted by Gasteiger charge is 2.20. The van der Waals surface area contributed by atoms with E-state index in [1.807, 2.05) is 0 Å². The van der Waals surface area contributed by atoms with Crippen molar-refractivity contribution in [2.75, 3.05) is 6.61 Å². The maximum absolute atomic E-state index is 5.75. The van der Waals surface area contributed by atoms with Gasteiger partial charge in [-0.1, -0.05) is 6.92 Å². The molecule has 0 radical (unpaired) electrons. The number of nitrogens with two attached hydrogens (primary N) is 1. The SMILES string of the molecule is CC[C@H](N)[C@@H]1CCCO1. The lowest BCUT2D eigenvalue weighted by atomic mass is 10.1. The molecule has 0 aliphatic carbocycles. The number of rotatable bonds is 2. The van der Waals surface area contributed by atoms with Gasteiger partial charge >= 0.3 is 0 Å². The van der Waals surface area contributed by atoms with Crippen molar-refractivity contribution in [2.45, 2.75) is 38.3 Å². The van der Waals surface area contributed by atoms with E-state index in [2.05, 4.69) is 6.92 Å². The van der Waals surface area contributed by atoms with Gasteiger partial charge in [0.05, 0.1) is 6.10 Å². The third kappa shape index (κ3) is 1.66. The molecule has 0 unspecified atom stereocenters. The summed E-state index contributed by atoms with van der Waals surface area (Å²) < 4.78 is 5.38. The van der Waals surface area contributed by atoms with E-state index >= 15 is 0 Å². The summed E-state index contributed by atoms with van der Waals surface area (Å²) >= 11 is 0. The van der Waals surface area contributed by atoms with E-state index in [0.29, 0.717) is 6.10 Å². The zero-order valence-electron chi connectivity index (χ0n) is 5.97. The van der Waals surface area contributed by atoms with Crippen LogP contribution < -0.4 is 5.73 Å². The highest BCUT2D eigenvalue weighted by molar-refractivity contribution is 4.75. The standard InChI is InChI=1S/C7H15NO/c1-2-6(8)7-4-3-5-9-7/h6-7H,2-5,8H2,1H3/t6-,7-/m0/s1. The molecule has 0 spiro atoms. The first-order valence-corrected chi connectivity index (χ1v) is 3.71. The van der Waals surface area contributed by atoms with Crippen molar-refractivity contribution in [1.82, 2.24) is 0 Å². The summed E-state index contributed by atoms with van der Waals surface area (Å²) in [4.78, 5) is 0. The van der Waals surface area contributed by atoms with Crippen LogP contribution in [0.5, 0.6) is 0 Å². The van der Waals surface area contributed by atoms with Crippen LogP contribution in [0, 0.1) is 0 Å². The third-order valence-corrected chi connectivity index (χ3v) is 1.91. The molecule has 1 fully saturated rings. The van der Waals surface area contributed by atoms with Gasteiger partial charge in [0.1, 0.15) is 0 Å². The van der Waals surface area contributed by atoms with Gasteiger partial charge in [-0.15, -0.1) is 0 Å². The molecule has 0 aromatic heterocycles.